The number of aromatic nitrogens is 3. The molecule has 2 aromatic rings. The fraction of sp³-hybridized carbons (Fsp3) is 0.333. The largest absolute Gasteiger partial charge is 0.343 e. The number of hydrogen-bond acceptors (Lipinski definition) is 5. The van der Waals surface area contributed by atoms with Gasteiger partial charge in [0, 0.05) is 18.5 Å². The highest BCUT2D eigenvalue weighted by Gasteiger charge is 2.15. The molecule has 0 saturated heterocycles. The minimum atomic E-state index is -0.325. The van der Waals surface area contributed by atoms with E-state index in [1.165, 1.54) is 30.5 Å². The predicted molar refractivity (Wildman–Crippen MR) is 72.2 cm³/mol. The van der Waals surface area contributed by atoms with Gasteiger partial charge in [-0.15, -0.1) is 11.3 Å². The van der Waals surface area contributed by atoms with Gasteiger partial charge in [0.05, 0.1) is 16.7 Å². The first kappa shape index (κ1) is 13.4. The highest BCUT2D eigenvalue weighted by molar-refractivity contribution is 7.09. The maximum Gasteiger partial charge on any atom is 0.272 e. The summed E-state index contributed by atoms with van der Waals surface area (Å²) in [6.45, 7) is 3.77. The standard InChI is InChI=1S/C12H14N4O2S/c1-7(10-6-19-8(2)14-10)13-12(18)9-4-5-11(17)16(3)15-9/h4-7H,1-3H3,(H,13,18). The molecule has 0 aromatic carbocycles. The van der Waals surface area contributed by atoms with E-state index < -0.39 is 0 Å². The molecule has 1 amide bonds. The first-order valence-corrected chi connectivity index (χ1v) is 6.62. The molecule has 0 aliphatic rings. The molecule has 6 nitrogen and oxygen atoms in total. The zero-order valence-electron chi connectivity index (χ0n) is 10.9. The SMILES string of the molecule is Cc1nc(C(C)NC(=O)c2ccc(=O)n(C)n2)cs1. The summed E-state index contributed by atoms with van der Waals surface area (Å²) >= 11 is 1.54. The van der Waals surface area contributed by atoms with Crippen molar-refractivity contribution in [3.63, 3.8) is 0 Å². The number of amides is 1. The van der Waals surface area contributed by atoms with Gasteiger partial charge in [0.1, 0.15) is 5.69 Å². The Morgan fingerprint density at radius 3 is 2.79 bits per heavy atom. The molecule has 100 valence electrons. The zero-order valence-corrected chi connectivity index (χ0v) is 11.7. The van der Waals surface area contributed by atoms with Crippen LogP contribution in [0.15, 0.2) is 22.3 Å². The minimum absolute atomic E-state index is 0.198. The van der Waals surface area contributed by atoms with Crippen LogP contribution in [0, 0.1) is 6.92 Å². The Morgan fingerprint density at radius 2 is 2.21 bits per heavy atom. The number of aryl methyl sites for hydroxylation is 2. The molecule has 0 radical (unpaired) electrons. The van der Waals surface area contributed by atoms with E-state index >= 15 is 0 Å². The second-order valence-electron chi connectivity index (χ2n) is 4.17. The van der Waals surface area contributed by atoms with Gasteiger partial charge < -0.3 is 5.32 Å². The third kappa shape index (κ3) is 3.05. The fourth-order valence-electron chi connectivity index (χ4n) is 1.55. The zero-order chi connectivity index (χ0) is 14.0. The average Bonchev–Trinajstić information content (AvgIpc) is 2.79. The predicted octanol–water partition coefficient (Wildman–Crippen LogP) is 1.04. The van der Waals surface area contributed by atoms with E-state index in [-0.39, 0.29) is 23.2 Å². The average molecular weight is 278 g/mol. The summed E-state index contributed by atoms with van der Waals surface area (Å²) in [6, 6.07) is 2.53. The molecule has 2 aromatic heterocycles. The molecule has 1 N–H and O–H groups in total. The van der Waals surface area contributed by atoms with Gasteiger partial charge >= 0.3 is 0 Å². The van der Waals surface area contributed by atoms with Crippen molar-refractivity contribution >= 4 is 17.2 Å². The molecule has 0 fully saturated rings. The molecule has 0 aliphatic heterocycles. The second-order valence-corrected chi connectivity index (χ2v) is 5.23. The van der Waals surface area contributed by atoms with E-state index in [2.05, 4.69) is 15.4 Å². The number of carbonyl (C=O) groups is 1. The lowest BCUT2D eigenvalue weighted by Gasteiger charge is -2.11. The quantitative estimate of drug-likeness (QED) is 0.910. The van der Waals surface area contributed by atoms with E-state index in [0.29, 0.717) is 0 Å². The summed E-state index contributed by atoms with van der Waals surface area (Å²) in [5.41, 5.74) is 0.779. The van der Waals surface area contributed by atoms with E-state index in [0.717, 1.165) is 15.4 Å². The van der Waals surface area contributed by atoms with Gasteiger partial charge in [0.25, 0.3) is 11.5 Å². The number of hydrogen-bond donors (Lipinski definition) is 1. The van der Waals surface area contributed by atoms with Crippen molar-refractivity contribution in [1.82, 2.24) is 20.1 Å². The van der Waals surface area contributed by atoms with Gasteiger partial charge in [-0.05, 0) is 19.9 Å². The van der Waals surface area contributed by atoms with Gasteiger partial charge in [0.15, 0.2) is 0 Å². The maximum absolute atomic E-state index is 12.0. The molecule has 1 unspecified atom stereocenters. The Labute approximate surface area is 114 Å². The van der Waals surface area contributed by atoms with E-state index in [1.807, 2.05) is 19.2 Å². The van der Waals surface area contributed by atoms with Gasteiger partial charge in [-0.25, -0.2) is 9.67 Å². The Bertz CT molecular complexity index is 662. The molecule has 2 rings (SSSR count). The number of nitrogens with one attached hydrogen (secondary N) is 1. The molecule has 19 heavy (non-hydrogen) atoms. The first-order valence-electron chi connectivity index (χ1n) is 5.74. The molecule has 0 spiro atoms. The van der Waals surface area contributed by atoms with Gasteiger partial charge in [-0.3, -0.25) is 9.59 Å². The highest BCUT2D eigenvalue weighted by atomic mass is 32.1. The van der Waals surface area contributed by atoms with Crippen molar-refractivity contribution < 1.29 is 4.79 Å². The third-order valence-electron chi connectivity index (χ3n) is 2.62. The van der Waals surface area contributed by atoms with Crippen LogP contribution in [0.2, 0.25) is 0 Å². The molecule has 0 bridgehead atoms. The molecule has 0 aliphatic carbocycles. The van der Waals surface area contributed by atoms with Crippen molar-refractivity contribution in [3.05, 3.63) is 44.3 Å². The van der Waals surface area contributed by atoms with Crippen LogP contribution in [0.25, 0.3) is 0 Å². The van der Waals surface area contributed by atoms with E-state index in [4.69, 9.17) is 0 Å². The van der Waals surface area contributed by atoms with Crippen molar-refractivity contribution in [3.8, 4) is 0 Å². The molecule has 7 heteroatoms. The lowest BCUT2D eigenvalue weighted by atomic mass is 10.2. The van der Waals surface area contributed by atoms with Crippen LogP contribution in [-0.2, 0) is 7.05 Å². The Hall–Kier alpha value is -2.02. The monoisotopic (exact) mass is 278 g/mol. The van der Waals surface area contributed by atoms with Gasteiger partial charge in [-0.2, -0.15) is 5.10 Å². The van der Waals surface area contributed by atoms with Crippen LogP contribution in [0.3, 0.4) is 0 Å². The molecular weight excluding hydrogens is 264 g/mol. The van der Waals surface area contributed by atoms with Crippen molar-refractivity contribution in [2.45, 2.75) is 19.9 Å². The van der Waals surface area contributed by atoms with Crippen LogP contribution >= 0.6 is 11.3 Å². The summed E-state index contributed by atoms with van der Waals surface area (Å²) in [5, 5.41) is 9.56. The smallest absolute Gasteiger partial charge is 0.272 e. The molecule has 0 saturated carbocycles. The number of thiazole rings is 1. The van der Waals surface area contributed by atoms with Crippen molar-refractivity contribution in [2.75, 3.05) is 0 Å². The van der Waals surface area contributed by atoms with Crippen molar-refractivity contribution in [2.24, 2.45) is 7.05 Å². The Kier molecular flexibility index (Phi) is 3.75. The Morgan fingerprint density at radius 1 is 1.47 bits per heavy atom. The number of nitrogens with zero attached hydrogens (tertiary/aromatic N) is 3. The topological polar surface area (TPSA) is 76.9 Å². The number of rotatable bonds is 3. The highest BCUT2D eigenvalue weighted by Crippen LogP contribution is 2.15. The summed E-state index contributed by atoms with van der Waals surface area (Å²) in [6.07, 6.45) is 0. The molecule has 1 atom stereocenters. The van der Waals surface area contributed by atoms with Crippen molar-refractivity contribution in [1.29, 1.82) is 0 Å². The summed E-state index contributed by atoms with van der Waals surface area (Å²) in [7, 11) is 1.51. The lowest BCUT2D eigenvalue weighted by molar-refractivity contribution is 0.0932. The fourth-order valence-corrected chi connectivity index (χ4v) is 2.25. The van der Waals surface area contributed by atoms with Gasteiger partial charge in [-0.1, -0.05) is 0 Å². The summed E-state index contributed by atoms with van der Waals surface area (Å²) in [4.78, 5) is 27.5. The van der Waals surface area contributed by atoms with E-state index in [9.17, 15) is 9.59 Å². The number of carbonyl (C=O) groups excluding carboxylic acids is 1. The molecular formula is C12H14N4O2S. The first-order chi connectivity index (χ1) is 8.97. The van der Waals surface area contributed by atoms with Crippen LogP contribution in [0.4, 0.5) is 0 Å². The third-order valence-corrected chi connectivity index (χ3v) is 3.41. The van der Waals surface area contributed by atoms with Crippen LogP contribution in [0.5, 0.6) is 0 Å². The summed E-state index contributed by atoms with van der Waals surface area (Å²) < 4.78 is 1.13. The van der Waals surface area contributed by atoms with Crippen LogP contribution < -0.4 is 10.9 Å². The Balaban J connectivity index is 2.12. The summed E-state index contributed by atoms with van der Waals surface area (Å²) in [5.74, 6) is -0.325. The van der Waals surface area contributed by atoms with Gasteiger partial charge in [0.2, 0.25) is 0 Å². The van der Waals surface area contributed by atoms with Crippen LogP contribution in [-0.4, -0.2) is 20.7 Å². The molecule has 2 heterocycles. The van der Waals surface area contributed by atoms with Crippen LogP contribution in [0.1, 0.15) is 34.2 Å². The maximum atomic E-state index is 12.0. The van der Waals surface area contributed by atoms with E-state index in [1.54, 1.807) is 0 Å². The lowest BCUT2D eigenvalue weighted by Crippen LogP contribution is -2.30. The minimum Gasteiger partial charge on any atom is -0.343 e. The second kappa shape index (κ2) is 5.31. The normalized spacial score (nSPS) is 12.2.